The van der Waals surface area contributed by atoms with Crippen LogP contribution in [0.25, 0.3) is 11.1 Å². The van der Waals surface area contributed by atoms with Gasteiger partial charge in [-0.3, -0.25) is 4.79 Å². The van der Waals surface area contributed by atoms with E-state index >= 15 is 0 Å². The van der Waals surface area contributed by atoms with Crippen molar-refractivity contribution in [2.24, 2.45) is 0 Å². The number of hydrogen-bond donors (Lipinski definition) is 1. The molecular weight excluding hydrogens is 342 g/mol. The van der Waals surface area contributed by atoms with Crippen molar-refractivity contribution >= 4 is 52.4 Å². The minimum atomic E-state index is -0.956. The fourth-order valence-corrected chi connectivity index (χ4v) is 2.78. The number of rotatable bonds is 3. The monoisotopic (exact) mass is 348 g/mol. The Balaban J connectivity index is 2.71. The van der Waals surface area contributed by atoms with Crippen LogP contribution >= 0.6 is 46.4 Å². The maximum Gasteiger partial charge on any atom is 0.307 e. The van der Waals surface area contributed by atoms with E-state index in [0.29, 0.717) is 31.8 Å². The second kappa shape index (κ2) is 6.23. The van der Waals surface area contributed by atoms with Gasteiger partial charge < -0.3 is 5.11 Å². The maximum atomic E-state index is 10.9. The molecule has 0 fully saturated rings. The van der Waals surface area contributed by atoms with E-state index in [-0.39, 0.29) is 11.4 Å². The van der Waals surface area contributed by atoms with E-state index < -0.39 is 5.97 Å². The molecule has 0 saturated heterocycles. The van der Waals surface area contributed by atoms with Crippen LogP contribution in [-0.4, -0.2) is 11.1 Å². The average molecular weight is 350 g/mol. The summed E-state index contributed by atoms with van der Waals surface area (Å²) in [4.78, 5) is 10.9. The Hall–Kier alpha value is -0.930. The average Bonchev–Trinajstić information content (AvgIpc) is 2.37. The van der Waals surface area contributed by atoms with Gasteiger partial charge in [0.2, 0.25) is 0 Å². The van der Waals surface area contributed by atoms with Crippen LogP contribution in [0.2, 0.25) is 20.1 Å². The molecule has 0 amide bonds. The Labute approximate surface area is 135 Å². The van der Waals surface area contributed by atoms with Crippen LogP contribution in [0.5, 0.6) is 0 Å². The van der Waals surface area contributed by atoms with Crippen LogP contribution < -0.4 is 0 Å². The second-order valence-electron chi connectivity index (χ2n) is 4.09. The first-order valence-electron chi connectivity index (χ1n) is 5.54. The smallest absolute Gasteiger partial charge is 0.307 e. The van der Waals surface area contributed by atoms with E-state index in [0.717, 1.165) is 0 Å². The van der Waals surface area contributed by atoms with Crippen molar-refractivity contribution in [2.75, 3.05) is 0 Å². The molecule has 0 bridgehead atoms. The number of carbonyl (C=O) groups is 1. The number of halogens is 4. The van der Waals surface area contributed by atoms with Gasteiger partial charge in [-0.2, -0.15) is 0 Å². The zero-order chi connectivity index (χ0) is 14.9. The van der Waals surface area contributed by atoms with E-state index in [1.165, 1.54) is 0 Å². The summed E-state index contributed by atoms with van der Waals surface area (Å²) < 4.78 is 0. The number of carboxylic acid groups (broad SMARTS) is 1. The second-order valence-corrected chi connectivity index (χ2v) is 5.72. The van der Waals surface area contributed by atoms with Gasteiger partial charge in [0.25, 0.3) is 0 Å². The van der Waals surface area contributed by atoms with Gasteiger partial charge in [0.1, 0.15) is 0 Å². The van der Waals surface area contributed by atoms with Crippen LogP contribution in [0.1, 0.15) is 5.56 Å². The molecule has 0 aliphatic rings. The molecule has 0 atom stereocenters. The highest BCUT2D eigenvalue weighted by molar-refractivity contribution is 6.46. The molecule has 6 heteroatoms. The Morgan fingerprint density at radius 1 is 1.00 bits per heavy atom. The Morgan fingerprint density at radius 3 is 2.30 bits per heavy atom. The third kappa shape index (κ3) is 3.21. The van der Waals surface area contributed by atoms with Gasteiger partial charge in [0, 0.05) is 10.6 Å². The Kier molecular flexibility index (Phi) is 4.82. The van der Waals surface area contributed by atoms with E-state index in [1.807, 2.05) is 0 Å². The molecule has 0 saturated carbocycles. The summed E-state index contributed by atoms with van der Waals surface area (Å²) in [5.74, 6) is -0.956. The Bertz CT molecular complexity index is 683. The van der Waals surface area contributed by atoms with Crippen LogP contribution in [-0.2, 0) is 11.2 Å². The van der Waals surface area contributed by atoms with Gasteiger partial charge in [-0.05, 0) is 35.4 Å². The quantitative estimate of drug-likeness (QED) is 0.733. The highest BCUT2D eigenvalue weighted by atomic mass is 35.5. The molecule has 1 N–H and O–H groups in total. The van der Waals surface area contributed by atoms with Crippen molar-refractivity contribution in [3.63, 3.8) is 0 Å². The van der Waals surface area contributed by atoms with E-state index in [1.54, 1.807) is 30.3 Å². The van der Waals surface area contributed by atoms with Crippen molar-refractivity contribution < 1.29 is 9.90 Å². The van der Waals surface area contributed by atoms with Gasteiger partial charge >= 0.3 is 5.97 Å². The highest BCUT2D eigenvalue weighted by Crippen LogP contribution is 2.41. The lowest BCUT2D eigenvalue weighted by Gasteiger charge is -2.13. The lowest BCUT2D eigenvalue weighted by Crippen LogP contribution is -2.02. The zero-order valence-corrected chi connectivity index (χ0v) is 13.0. The van der Waals surface area contributed by atoms with Gasteiger partial charge in [-0.15, -0.1) is 0 Å². The number of carboxylic acids is 1. The van der Waals surface area contributed by atoms with Crippen LogP contribution in [0, 0.1) is 0 Å². The van der Waals surface area contributed by atoms with Gasteiger partial charge in [0.15, 0.2) is 0 Å². The normalized spacial score (nSPS) is 10.6. The molecule has 0 aliphatic heterocycles. The summed E-state index contributed by atoms with van der Waals surface area (Å²) in [5, 5.41) is 10.4. The van der Waals surface area contributed by atoms with Crippen molar-refractivity contribution in [1.82, 2.24) is 0 Å². The first kappa shape index (κ1) is 15.5. The fourth-order valence-electron chi connectivity index (χ4n) is 1.87. The lowest BCUT2D eigenvalue weighted by atomic mass is 9.97. The first-order chi connectivity index (χ1) is 9.40. The largest absolute Gasteiger partial charge is 0.481 e. The van der Waals surface area contributed by atoms with Gasteiger partial charge in [-0.1, -0.05) is 52.5 Å². The number of hydrogen-bond acceptors (Lipinski definition) is 1. The van der Waals surface area contributed by atoms with Gasteiger partial charge in [-0.25, -0.2) is 0 Å². The molecule has 2 nitrogen and oxygen atoms in total. The number of benzene rings is 2. The minimum absolute atomic E-state index is 0.161. The predicted octanol–water partition coefficient (Wildman–Crippen LogP) is 5.59. The topological polar surface area (TPSA) is 37.3 Å². The Morgan fingerprint density at radius 2 is 1.65 bits per heavy atom. The van der Waals surface area contributed by atoms with Crippen LogP contribution in [0.4, 0.5) is 0 Å². The molecule has 0 spiro atoms. The van der Waals surface area contributed by atoms with E-state index in [9.17, 15) is 4.79 Å². The van der Waals surface area contributed by atoms with Crippen LogP contribution in [0.15, 0.2) is 30.3 Å². The molecular formula is C14H8Cl4O2. The third-order valence-electron chi connectivity index (χ3n) is 2.73. The molecule has 0 aromatic heterocycles. The summed E-state index contributed by atoms with van der Waals surface area (Å²) in [6.07, 6.45) is -0.161. The van der Waals surface area contributed by atoms with Crippen LogP contribution in [0.3, 0.4) is 0 Å². The van der Waals surface area contributed by atoms with Crippen molar-refractivity contribution in [3.8, 4) is 11.1 Å². The number of aliphatic carboxylic acids is 1. The molecule has 20 heavy (non-hydrogen) atoms. The summed E-state index contributed by atoms with van der Waals surface area (Å²) in [6.45, 7) is 0. The predicted molar refractivity (Wildman–Crippen MR) is 83.3 cm³/mol. The van der Waals surface area contributed by atoms with Crippen molar-refractivity contribution in [2.45, 2.75) is 6.42 Å². The van der Waals surface area contributed by atoms with E-state index in [4.69, 9.17) is 51.5 Å². The summed E-state index contributed by atoms with van der Waals surface area (Å²) >= 11 is 24.3. The first-order valence-corrected chi connectivity index (χ1v) is 7.05. The maximum absolute atomic E-state index is 10.9. The molecule has 2 rings (SSSR count). The van der Waals surface area contributed by atoms with E-state index in [2.05, 4.69) is 0 Å². The molecule has 0 aliphatic carbocycles. The lowest BCUT2D eigenvalue weighted by molar-refractivity contribution is -0.136. The molecule has 0 unspecified atom stereocenters. The molecule has 2 aromatic carbocycles. The van der Waals surface area contributed by atoms with Crippen molar-refractivity contribution in [3.05, 3.63) is 56.0 Å². The third-order valence-corrected chi connectivity index (χ3v) is 4.08. The summed E-state index contributed by atoms with van der Waals surface area (Å²) in [7, 11) is 0. The minimum Gasteiger partial charge on any atom is -0.481 e. The molecule has 0 radical (unpaired) electrons. The molecule has 0 heterocycles. The molecule has 2 aromatic rings. The van der Waals surface area contributed by atoms with Gasteiger partial charge in [0.05, 0.1) is 21.5 Å². The summed E-state index contributed by atoms with van der Waals surface area (Å²) in [6, 6.07) is 8.08. The summed E-state index contributed by atoms with van der Waals surface area (Å²) in [5.41, 5.74) is 1.62. The van der Waals surface area contributed by atoms with Crippen molar-refractivity contribution in [1.29, 1.82) is 0 Å². The zero-order valence-electron chi connectivity index (χ0n) is 9.96. The fraction of sp³-hybridized carbons (Fsp3) is 0.0714. The standard InChI is InChI=1S/C14H8Cl4O2/c15-8-2-1-7(5-12(19)20)9(6-8)13-10(16)3-4-11(17)14(13)18/h1-4,6H,5H2,(H,19,20). The SMILES string of the molecule is O=C(O)Cc1ccc(Cl)cc1-c1c(Cl)ccc(Cl)c1Cl. The highest BCUT2D eigenvalue weighted by Gasteiger charge is 2.17. The molecule has 104 valence electrons.